The molecule has 0 bridgehead atoms. The Bertz CT molecular complexity index is 752. The topological polar surface area (TPSA) is 72.3 Å². The van der Waals surface area contributed by atoms with E-state index in [-0.39, 0.29) is 11.9 Å². The number of nitrogens with one attached hydrogen (secondary N) is 1. The molecule has 0 saturated carbocycles. The monoisotopic (exact) mass is 355 g/mol. The summed E-state index contributed by atoms with van der Waals surface area (Å²) < 4.78 is 7.10. The third-order valence-corrected chi connectivity index (χ3v) is 5.43. The molecule has 3 heterocycles. The van der Waals surface area contributed by atoms with E-state index < -0.39 is 0 Å². The molecule has 1 aromatic carbocycles. The fourth-order valence-corrected chi connectivity index (χ4v) is 3.95. The van der Waals surface area contributed by atoms with Crippen LogP contribution in [0.1, 0.15) is 53.8 Å². The Hall–Kier alpha value is -2.41. The molecular weight excluding hydrogens is 330 g/mol. The lowest BCUT2D eigenvalue weighted by molar-refractivity contribution is 0.0729. The van der Waals surface area contributed by atoms with Crippen molar-refractivity contribution in [2.45, 2.75) is 37.8 Å². The van der Waals surface area contributed by atoms with E-state index in [2.05, 4.69) is 15.6 Å². The van der Waals surface area contributed by atoms with Crippen molar-refractivity contribution in [3.8, 4) is 5.75 Å². The molecule has 1 unspecified atom stereocenters. The number of likely N-dealkylation sites (tertiary alicyclic amines) is 1. The SMILES string of the molecule is COc1ccc(C2CCCN2C(=O)c2cn(C3CCNCC3)nn2)cc1. The van der Waals surface area contributed by atoms with Gasteiger partial charge >= 0.3 is 0 Å². The quantitative estimate of drug-likeness (QED) is 0.910. The van der Waals surface area contributed by atoms with Gasteiger partial charge in [0.15, 0.2) is 5.69 Å². The zero-order chi connectivity index (χ0) is 17.9. The maximum absolute atomic E-state index is 13.0. The summed E-state index contributed by atoms with van der Waals surface area (Å²) in [5.74, 6) is 0.804. The highest BCUT2D eigenvalue weighted by molar-refractivity contribution is 5.92. The molecule has 7 nitrogen and oxygen atoms in total. The number of nitrogens with zero attached hydrogens (tertiary/aromatic N) is 4. The summed E-state index contributed by atoms with van der Waals surface area (Å²) in [6.07, 6.45) is 5.84. The first-order valence-electron chi connectivity index (χ1n) is 9.34. The molecule has 1 atom stereocenters. The molecule has 2 aromatic rings. The largest absolute Gasteiger partial charge is 0.497 e. The minimum absolute atomic E-state index is 0.0245. The Labute approximate surface area is 153 Å². The normalized spacial score (nSPS) is 21.1. The molecule has 2 fully saturated rings. The van der Waals surface area contributed by atoms with Crippen LogP contribution >= 0.6 is 0 Å². The van der Waals surface area contributed by atoms with Gasteiger partial charge in [-0.3, -0.25) is 4.79 Å². The van der Waals surface area contributed by atoms with Crippen LogP contribution in [0, 0.1) is 0 Å². The number of carbonyl (C=O) groups excluding carboxylic acids is 1. The second-order valence-corrected chi connectivity index (χ2v) is 6.99. The van der Waals surface area contributed by atoms with E-state index in [9.17, 15) is 4.79 Å². The van der Waals surface area contributed by atoms with Gasteiger partial charge in [-0.15, -0.1) is 5.10 Å². The number of aromatic nitrogens is 3. The number of hydrogen-bond donors (Lipinski definition) is 1. The molecule has 1 aromatic heterocycles. The van der Waals surface area contributed by atoms with Gasteiger partial charge in [-0.2, -0.15) is 0 Å². The Balaban J connectivity index is 1.50. The van der Waals surface area contributed by atoms with E-state index in [1.807, 2.05) is 40.0 Å². The fraction of sp³-hybridized carbons (Fsp3) is 0.526. The van der Waals surface area contributed by atoms with Crippen molar-refractivity contribution in [1.82, 2.24) is 25.2 Å². The highest BCUT2D eigenvalue weighted by Crippen LogP contribution is 2.33. The molecule has 138 valence electrons. The summed E-state index contributed by atoms with van der Waals surface area (Å²) in [5.41, 5.74) is 1.59. The van der Waals surface area contributed by atoms with Crippen LogP contribution in [0.3, 0.4) is 0 Å². The molecule has 2 aliphatic heterocycles. The van der Waals surface area contributed by atoms with Gasteiger partial charge in [0, 0.05) is 6.54 Å². The van der Waals surface area contributed by atoms with Crippen molar-refractivity contribution >= 4 is 5.91 Å². The van der Waals surface area contributed by atoms with Crippen LogP contribution < -0.4 is 10.1 Å². The van der Waals surface area contributed by atoms with E-state index >= 15 is 0 Å². The molecule has 4 rings (SSSR count). The molecule has 1 amide bonds. The molecular formula is C19H25N5O2. The Morgan fingerprint density at radius 2 is 1.96 bits per heavy atom. The van der Waals surface area contributed by atoms with Crippen LogP contribution in [0.4, 0.5) is 0 Å². The van der Waals surface area contributed by atoms with Crippen molar-refractivity contribution in [3.05, 3.63) is 41.7 Å². The van der Waals surface area contributed by atoms with Crippen molar-refractivity contribution in [2.24, 2.45) is 0 Å². The molecule has 1 N–H and O–H groups in total. The number of ether oxygens (including phenoxy) is 1. The third kappa shape index (κ3) is 3.31. The molecule has 7 heteroatoms. The van der Waals surface area contributed by atoms with Crippen molar-refractivity contribution in [2.75, 3.05) is 26.7 Å². The van der Waals surface area contributed by atoms with Gasteiger partial charge in [0.2, 0.25) is 0 Å². The summed E-state index contributed by atoms with van der Waals surface area (Å²) in [6, 6.07) is 8.41. The van der Waals surface area contributed by atoms with E-state index in [4.69, 9.17) is 4.74 Å². The van der Waals surface area contributed by atoms with E-state index in [0.717, 1.165) is 56.6 Å². The first-order chi connectivity index (χ1) is 12.8. The van der Waals surface area contributed by atoms with E-state index in [1.165, 1.54) is 0 Å². The van der Waals surface area contributed by atoms with Crippen molar-refractivity contribution < 1.29 is 9.53 Å². The van der Waals surface area contributed by atoms with Gasteiger partial charge in [-0.1, -0.05) is 17.3 Å². The van der Waals surface area contributed by atoms with Crippen LogP contribution in [0.15, 0.2) is 30.5 Å². The van der Waals surface area contributed by atoms with Gasteiger partial charge in [0.1, 0.15) is 5.75 Å². The fourth-order valence-electron chi connectivity index (χ4n) is 3.95. The number of methoxy groups -OCH3 is 1. The van der Waals surface area contributed by atoms with E-state index in [1.54, 1.807) is 7.11 Å². The van der Waals surface area contributed by atoms with Gasteiger partial charge in [0.05, 0.1) is 25.4 Å². The first kappa shape index (κ1) is 17.0. The standard InChI is InChI=1S/C19H25N5O2/c1-26-16-6-4-14(5-7-16)18-3-2-12-23(18)19(25)17-13-24(22-21-17)15-8-10-20-11-9-15/h4-7,13,15,18,20H,2-3,8-12H2,1H3. The molecule has 2 aliphatic rings. The maximum atomic E-state index is 13.0. The lowest BCUT2D eigenvalue weighted by Crippen LogP contribution is -2.31. The maximum Gasteiger partial charge on any atom is 0.276 e. The highest BCUT2D eigenvalue weighted by Gasteiger charge is 2.32. The van der Waals surface area contributed by atoms with Crippen molar-refractivity contribution in [3.63, 3.8) is 0 Å². The summed E-state index contributed by atoms with van der Waals surface area (Å²) in [7, 11) is 1.66. The van der Waals surface area contributed by atoms with Gasteiger partial charge < -0.3 is 15.0 Å². The number of hydrogen-bond acceptors (Lipinski definition) is 5. The molecule has 26 heavy (non-hydrogen) atoms. The zero-order valence-corrected chi connectivity index (χ0v) is 15.1. The average Bonchev–Trinajstić information content (AvgIpc) is 3.38. The third-order valence-electron chi connectivity index (χ3n) is 5.43. The molecule has 0 spiro atoms. The summed E-state index contributed by atoms with van der Waals surface area (Å²) in [6.45, 7) is 2.73. The number of rotatable bonds is 4. The van der Waals surface area contributed by atoms with Crippen LogP contribution in [-0.4, -0.2) is 52.5 Å². The van der Waals surface area contributed by atoms with Gasteiger partial charge in [0.25, 0.3) is 5.91 Å². The summed E-state index contributed by atoms with van der Waals surface area (Å²) in [5, 5.41) is 11.7. The number of carbonyl (C=O) groups is 1. The van der Waals surface area contributed by atoms with Gasteiger partial charge in [-0.25, -0.2) is 4.68 Å². The number of amides is 1. The van der Waals surface area contributed by atoms with Crippen LogP contribution in [0.5, 0.6) is 5.75 Å². The lowest BCUT2D eigenvalue weighted by Gasteiger charge is -2.24. The Morgan fingerprint density at radius 3 is 2.69 bits per heavy atom. The van der Waals surface area contributed by atoms with Crippen LogP contribution in [0.2, 0.25) is 0 Å². The smallest absolute Gasteiger partial charge is 0.276 e. The van der Waals surface area contributed by atoms with Crippen LogP contribution in [0.25, 0.3) is 0 Å². The van der Waals surface area contributed by atoms with Crippen LogP contribution in [-0.2, 0) is 0 Å². The highest BCUT2D eigenvalue weighted by atomic mass is 16.5. The Kier molecular flexibility index (Phi) is 4.88. The second kappa shape index (κ2) is 7.45. The average molecular weight is 355 g/mol. The summed E-state index contributed by atoms with van der Waals surface area (Å²) >= 11 is 0. The predicted molar refractivity (Wildman–Crippen MR) is 97.2 cm³/mol. The summed E-state index contributed by atoms with van der Waals surface area (Å²) in [4.78, 5) is 15.0. The first-order valence-corrected chi connectivity index (χ1v) is 9.34. The second-order valence-electron chi connectivity index (χ2n) is 6.99. The van der Waals surface area contributed by atoms with E-state index in [0.29, 0.717) is 11.7 Å². The minimum Gasteiger partial charge on any atom is -0.497 e. The molecule has 2 saturated heterocycles. The molecule has 0 aliphatic carbocycles. The minimum atomic E-state index is -0.0245. The van der Waals surface area contributed by atoms with Crippen molar-refractivity contribution in [1.29, 1.82) is 0 Å². The molecule has 0 radical (unpaired) electrons. The lowest BCUT2D eigenvalue weighted by atomic mass is 10.0. The zero-order valence-electron chi connectivity index (χ0n) is 15.1. The Morgan fingerprint density at radius 1 is 1.19 bits per heavy atom. The number of piperidine rings is 1. The predicted octanol–water partition coefficient (Wildman–Crippen LogP) is 2.19. The van der Waals surface area contributed by atoms with Gasteiger partial charge in [-0.05, 0) is 56.5 Å². The number of benzene rings is 1.